The first-order valence-corrected chi connectivity index (χ1v) is 5.07. The number of nitrogens with one attached hydrogen (secondary N) is 1. The molecule has 0 spiro atoms. The predicted octanol–water partition coefficient (Wildman–Crippen LogP) is 0.0109. The zero-order valence-electron chi connectivity index (χ0n) is 8.66. The number of likely N-dealkylation sites (N-methyl/N-ethyl adjacent to an activating group) is 1. The molecule has 1 fully saturated rings. The molecular formula is C10H18N2O2. The molecule has 0 saturated carbocycles. The van der Waals surface area contributed by atoms with Gasteiger partial charge in [-0.25, -0.2) is 0 Å². The van der Waals surface area contributed by atoms with Crippen LogP contribution in [0.5, 0.6) is 0 Å². The molecule has 0 aromatic heterocycles. The second kappa shape index (κ2) is 6.56. The van der Waals surface area contributed by atoms with Gasteiger partial charge in [-0.3, -0.25) is 9.69 Å². The number of hydrogen-bond acceptors (Lipinski definition) is 3. The Kier molecular flexibility index (Phi) is 5.25. The van der Waals surface area contributed by atoms with Gasteiger partial charge >= 0.3 is 0 Å². The first-order chi connectivity index (χ1) is 6.83. The molecule has 14 heavy (non-hydrogen) atoms. The van der Waals surface area contributed by atoms with Crippen LogP contribution in [0.25, 0.3) is 0 Å². The summed E-state index contributed by atoms with van der Waals surface area (Å²) in [5.41, 5.74) is 0. The fourth-order valence-electron chi connectivity index (χ4n) is 1.33. The van der Waals surface area contributed by atoms with Gasteiger partial charge in [0, 0.05) is 32.3 Å². The normalized spacial score (nSPS) is 18.6. The second-order valence-corrected chi connectivity index (χ2v) is 3.21. The minimum Gasteiger partial charge on any atom is -0.379 e. The molecule has 0 bridgehead atoms. The number of morpholine rings is 1. The molecule has 1 aliphatic heterocycles. The fourth-order valence-corrected chi connectivity index (χ4v) is 1.33. The van der Waals surface area contributed by atoms with E-state index in [0.29, 0.717) is 6.54 Å². The maximum absolute atomic E-state index is 11.0. The Hall–Kier alpha value is -0.870. The summed E-state index contributed by atoms with van der Waals surface area (Å²) in [5, 5.41) is 2.71. The second-order valence-electron chi connectivity index (χ2n) is 3.21. The van der Waals surface area contributed by atoms with Crippen molar-refractivity contribution in [3.05, 3.63) is 12.2 Å². The van der Waals surface area contributed by atoms with Crippen LogP contribution < -0.4 is 5.32 Å². The van der Waals surface area contributed by atoms with E-state index in [1.807, 2.05) is 13.0 Å². The van der Waals surface area contributed by atoms with Crippen molar-refractivity contribution in [3.63, 3.8) is 0 Å². The molecule has 1 heterocycles. The standard InChI is InChI=1S/C10H18N2O2/c1-2-11-10(13)4-3-5-12-6-8-14-9-7-12/h3-4H,2,5-9H2,1H3,(H,11,13)/b4-3+. The van der Waals surface area contributed by atoms with Gasteiger partial charge in [-0.2, -0.15) is 0 Å². The summed E-state index contributed by atoms with van der Waals surface area (Å²) in [7, 11) is 0. The van der Waals surface area contributed by atoms with E-state index in [1.54, 1.807) is 6.08 Å². The van der Waals surface area contributed by atoms with Gasteiger partial charge < -0.3 is 10.1 Å². The van der Waals surface area contributed by atoms with Crippen LogP contribution >= 0.6 is 0 Å². The summed E-state index contributed by atoms with van der Waals surface area (Å²) in [6.45, 7) is 6.94. The average Bonchev–Trinajstić information content (AvgIpc) is 2.20. The molecule has 1 saturated heterocycles. The Morgan fingerprint density at radius 1 is 1.50 bits per heavy atom. The lowest BCUT2D eigenvalue weighted by molar-refractivity contribution is -0.116. The molecule has 0 aliphatic carbocycles. The number of carbonyl (C=O) groups excluding carboxylic acids is 1. The first kappa shape index (κ1) is 11.2. The Morgan fingerprint density at radius 2 is 2.21 bits per heavy atom. The Balaban J connectivity index is 2.14. The third-order valence-corrected chi connectivity index (χ3v) is 2.09. The van der Waals surface area contributed by atoms with Gasteiger partial charge in [0.15, 0.2) is 0 Å². The highest BCUT2D eigenvalue weighted by Gasteiger charge is 2.07. The summed E-state index contributed by atoms with van der Waals surface area (Å²) in [5.74, 6) is -0.0132. The van der Waals surface area contributed by atoms with E-state index < -0.39 is 0 Å². The van der Waals surface area contributed by atoms with Crippen molar-refractivity contribution in [2.75, 3.05) is 39.4 Å². The molecule has 80 valence electrons. The lowest BCUT2D eigenvalue weighted by Gasteiger charge is -2.24. The van der Waals surface area contributed by atoms with Crippen molar-refractivity contribution in [3.8, 4) is 0 Å². The molecule has 1 rings (SSSR count). The SMILES string of the molecule is CCNC(=O)/C=C/CN1CCOCC1. The zero-order valence-corrected chi connectivity index (χ0v) is 8.66. The van der Waals surface area contributed by atoms with Crippen molar-refractivity contribution in [2.45, 2.75) is 6.92 Å². The summed E-state index contributed by atoms with van der Waals surface area (Å²) >= 11 is 0. The number of nitrogens with zero attached hydrogens (tertiary/aromatic N) is 1. The topological polar surface area (TPSA) is 41.6 Å². The molecule has 4 heteroatoms. The van der Waals surface area contributed by atoms with Gasteiger partial charge in [0.25, 0.3) is 0 Å². The van der Waals surface area contributed by atoms with Crippen molar-refractivity contribution in [1.29, 1.82) is 0 Å². The fraction of sp³-hybridized carbons (Fsp3) is 0.700. The van der Waals surface area contributed by atoms with E-state index in [4.69, 9.17) is 4.74 Å². The lowest BCUT2D eigenvalue weighted by Crippen LogP contribution is -2.36. The minimum absolute atomic E-state index is 0.0132. The van der Waals surface area contributed by atoms with Crippen LogP contribution in [0.4, 0.5) is 0 Å². The van der Waals surface area contributed by atoms with Crippen LogP contribution in [0.2, 0.25) is 0 Å². The van der Waals surface area contributed by atoms with E-state index in [-0.39, 0.29) is 5.91 Å². The summed E-state index contributed by atoms with van der Waals surface area (Å²) in [4.78, 5) is 13.3. The Labute approximate surface area is 84.9 Å². The van der Waals surface area contributed by atoms with Gasteiger partial charge in [0.2, 0.25) is 5.91 Å². The third kappa shape index (κ3) is 4.39. The Morgan fingerprint density at radius 3 is 2.86 bits per heavy atom. The van der Waals surface area contributed by atoms with E-state index in [2.05, 4.69) is 10.2 Å². The van der Waals surface area contributed by atoms with E-state index in [0.717, 1.165) is 32.8 Å². The van der Waals surface area contributed by atoms with Crippen LogP contribution in [0.1, 0.15) is 6.92 Å². The number of carbonyl (C=O) groups is 1. The highest BCUT2D eigenvalue weighted by Crippen LogP contribution is 1.95. The highest BCUT2D eigenvalue weighted by molar-refractivity contribution is 5.87. The van der Waals surface area contributed by atoms with Gasteiger partial charge in [-0.15, -0.1) is 0 Å². The van der Waals surface area contributed by atoms with Crippen LogP contribution in [0.15, 0.2) is 12.2 Å². The van der Waals surface area contributed by atoms with Crippen LogP contribution in [-0.2, 0) is 9.53 Å². The molecule has 4 nitrogen and oxygen atoms in total. The maximum Gasteiger partial charge on any atom is 0.243 e. The molecule has 1 aliphatic rings. The quantitative estimate of drug-likeness (QED) is 0.647. The van der Waals surface area contributed by atoms with Crippen LogP contribution in [0, 0.1) is 0 Å². The van der Waals surface area contributed by atoms with E-state index in [1.165, 1.54) is 0 Å². The van der Waals surface area contributed by atoms with Gasteiger partial charge in [-0.1, -0.05) is 6.08 Å². The number of ether oxygens (including phenoxy) is 1. The minimum atomic E-state index is -0.0132. The van der Waals surface area contributed by atoms with Crippen molar-refractivity contribution < 1.29 is 9.53 Å². The van der Waals surface area contributed by atoms with E-state index in [9.17, 15) is 4.79 Å². The van der Waals surface area contributed by atoms with Gasteiger partial charge in [-0.05, 0) is 6.92 Å². The maximum atomic E-state index is 11.0. The molecule has 1 amide bonds. The monoisotopic (exact) mass is 198 g/mol. The zero-order chi connectivity index (χ0) is 10.2. The Bertz CT molecular complexity index is 198. The third-order valence-electron chi connectivity index (χ3n) is 2.09. The molecule has 0 aromatic carbocycles. The molecule has 0 unspecified atom stereocenters. The smallest absolute Gasteiger partial charge is 0.243 e. The van der Waals surface area contributed by atoms with Gasteiger partial charge in [0.1, 0.15) is 0 Å². The molecule has 0 radical (unpaired) electrons. The first-order valence-electron chi connectivity index (χ1n) is 5.07. The molecule has 1 N–H and O–H groups in total. The summed E-state index contributed by atoms with van der Waals surface area (Å²) in [6.07, 6.45) is 3.50. The van der Waals surface area contributed by atoms with Crippen molar-refractivity contribution in [2.24, 2.45) is 0 Å². The number of hydrogen-bond donors (Lipinski definition) is 1. The largest absolute Gasteiger partial charge is 0.379 e. The highest BCUT2D eigenvalue weighted by atomic mass is 16.5. The van der Waals surface area contributed by atoms with Crippen molar-refractivity contribution in [1.82, 2.24) is 10.2 Å². The predicted molar refractivity (Wildman–Crippen MR) is 55.1 cm³/mol. The molecule has 0 atom stereocenters. The van der Waals surface area contributed by atoms with Crippen LogP contribution in [-0.4, -0.2) is 50.2 Å². The van der Waals surface area contributed by atoms with Crippen molar-refractivity contribution >= 4 is 5.91 Å². The van der Waals surface area contributed by atoms with Crippen LogP contribution in [0.3, 0.4) is 0 Å². The van der Waals surface area contributed by atoms with E-state index >= 15 is 0 Å². The number of amides is 1. The van der Waals surface area contributed by atoms with Gasteiger partial charge in [0.05, 0.1) is 13.2 Å². The summed E-state index contributed by atoms with van der Waals surface area (Å²) in [6, 6.07) is 0. The average molecular weight is 198 g/mol. The molecule has 0 aromatic rings. The lowest BCUT2D eigenvalue weighted by atomic mass is 10.4. The summed E-state index contributed by atoms with van der Waals surface area (Å²) < 4.78 is 5.22. The number of rotatable bonds is 4. The molecular weight excluding hydrogens is 180 g/mol.